The third-order valence-electron chi connectivity index (χ3n) is 4.20. The second kappa shape index (κ2) is 6.04. The van der Waals surface area contributed by atoms with E-state index in [-0.39, 0.29) is 5.41 Å². The van der Waals surface area contributed by atoms with Crippen LogP contribution in [-0.4, -0.2) is 0 Å². The largest absolute Gasteiger partial charge is 0.0802 e. The number of benzene rings is 1. The summed E-state index contributed by atoms with van der Waals surface area (Å²) in [6.07, 6.45) is 14.3. The van der Waals surface area contributed by atoms with Gasteiger partial charge in [0.25, 0.3) is 0 Å². The molecule has 2 rings (SSSR count). The van der Waals surface area contributed by atoms with Gasteiger partial charge in [0.2, 0.25) is 0 Å². The molecule has 1 aliphatic carbocycles. The first-order chi connectivity index (χ1) is 8.83. The molecule has 0 fully saturated rings. The Hall–Kier alpha value is -1.30. The molecule has 0 heterocycles. The molecule has 2 atom stereocenters. The van der Waals surface area contributed by atoms with Gasteiger partial charge < -0.3 is 0 Å². The van der Waals surface area contributed by atoms with E-state index in [4.69, 9.17) is 0 Å². The van der Waals surface area contributed by atoms with E-state index in [1.54, 1.807) is 0 Å². The number of unbranched alkanes of at least 4 members (excludes halogenated alkanes) is 1. The van der Waals surface area contributed by atoms with Crippen molar-refractivity contribution in [3.05, 3.63) is 60.2 Å². The van der Waals surface area contributed by atoms with Crippen molar-refractivity contribution in [1.29, 1.82) is 0 Å². The van der Waals surface area contributed by atoms with Crippen LogP contribution in [0, 0.1) is 5.92 Å². The van der Waals surface area contributed by atoms with Gasteiger partial charge in [0.15, 0.2) is 0 Å². The van der Waals surface area contributed by atoms with Crippen LogP contribution in [0.1, 0.15) is 45.1 Å². The smallest absolute Gasteiger partial charge is 0.0198 e. The van der Waals surface area contributed by atoms with Crippen LogP contribution >= 0.6 is 0 Å². The predicted octanol–water partition coefficient (Wildman–Crippen LogP) is 5.27. The first-order valence-electron chi connectivity index (χ1n) is 7.25. The van der Waals surface area contributed by atoms with E-state index in [9.17, 15) is 0 Å². The third kappa shape index (κ3) is 2.43. The Morgan fingerprint density at radius 1 is 1.06 bits per heavy atom. The van der Waals surface area contributed by atoms with Gasteiger partial charge >= 0.3 is 0 Å². The first kappa shape index (κ1) is 13.1. The maximum absolute atomic E-state index is 2.44. The van der Waals surface area contributed by atoms with E-state index in [1.165, 1.54) is 31.2 Å². The zero-order chi connectivity index (χ0) is 12.8. The van der Waals surface area contributed by atoms with Gasteiger partial charge in [0, 0.05) is 5.41 Å². The van der Waals surface area contributed by atoms with Gasteiger partial charge in [-0.25, -0.2) is 0 Å². The zero-order valence-corrected chi connectivity index (χ0v) is 11.6. The minimum absolute atomic E-state index is 0.223. The van der Waals surface area contributed by atoms with Gasteiger partial charge in [-0.05, 0) is 24.3 Å². The average Bonchev–Trinajstić information content (AvgIpc) is 2.46. The summed E-state index contributed by atoms with van der Waals surface area (Å²) >= 11 is 0. The molecule has 18 heavy (non-hydrogen) atoms. The van der Waals surface area contributed by atoms with Crippen molar-refractivity contribution < 1.29 is 0 Å². The summed E-state index contributed by atoms with van der Waals surface area (Å²) in [6, 6.07) is 11.0. The van der Waals surface area contributed by atoms with Crippen molar-refractivity contribution in [2.24, 2.45) is 5.92 Å². The quantitative estimate of drug-likeness (QED) is 0.658. The SMILES string of the molecule is CCCCC1(c2ccccc2)C=CC=CC1CC. The molecule has 0 nitrogen and oxygen atoms in total. The summed E-state index contributed by atoms with van der Waals surface area (Å²) in [4.78, 5) is 0. The lowest BCUT2D eigenvalue weighted by atomic mass is 9.64. The Labute approximate surface area is 111 Å². The number of hydrogen-bond donors (Lipinski definition) is 0. The van der Waals surface area contributed by atoms with Crippen LogP contribution in [0.5, 0.6) is 0 Å². The van der Waals surface area contributed by atoms with Gasteiger partial charge in [-0.3, -0.25) is 0 Å². The molecular weight excluding hydrogens is 216 g/mol. The molecule has 0 aliphatic heterocycles. The van der Waals surface area contributed by atoms with E-state index in [0.717, 1.165) is 0 Å². The van der Waals surface area contributed by atoms with Gasteiger partial charge in [-0.1, -0.05) is 81.3 Å². The molecule has 0 heteroatoms. The van der Waals surface area contributed by atoms with Gasteiger partial charge in [0.05, 0.1) is 0 Å². The maximum atomic E-state index is 2.44. The molecular formula is C18H24. The van der Waals surface area contributed by atoms with E-state index in [2.05, 4.69) is 68.5 Å². The maximum Gasteiger partial charge on any atom is 0.0198 e. The molecule has 0 saturated heterocycles. The molecule has 0 radical (unpaired) electrons. The number of rotatable bonds is 5. The Balaban J connectivity index is 2.40. The molecule has 2 unspecified atom stereocenters. The normalized spacial score (nSPS) is 26.4. The topological polar surface area (TPSA) is 0 Å². The van der Waals surface area contributed by atoms with Crippen LogP contribution in [0.2, 0.25) is 0 Å². The highest BCUT2D eigenvalue weighted by atomic mass is 14.4. The fraction of sp³-hybridized carbons (Fsp3) is 0.444. The third-order valence-corrected chi connectivity index (χ3v) is 4.20. The molecule has 96 valence electrons. The second-order valence-electron chi connectivity index (χ2n) is 5.27. The Bertz CT molecular complexity index is 413. The summed E-state index contributed by atoms with van der Waals surface area (Å²) in [7, 11) is 0. The molecule has 0 spiro atoms. The Kier molecular flexibility index (Phi) is 4.41. The highest BCUT2D eigenvalue weighted by Crippen LogP contribution is 2.43. The van der Waals surface area contributed by atoms with Crippen LogP contribution < -0.4 is 0 Å². The molecule has 0 saturated carbocycles. The summed E-state index contributed by atoms with van der Waals surface area (Å²) < 4.78 is 0. The highest BCUT2D eigenvalue weighted by Gasteiger charge is 2.36. The lowest BCUT2D eigenvalue weighted by molar-refractivity contribution is 0.345. The van der Waals surface area contributed by atoms with Gasteiger partial charge in [-0.15, -0.1) is 0 Å². The Morgan fingerprint density at radius 3 is 2.50 bits per heavy atom. The predicted molar refractivity (Wildman–Crippen MR) is 79.7 cm³/mol. The Morgan fingerprint density at radius 2 is 1.83 bits per heavy atom. The average molecular weight is 240 g/mol. The van der Waals surface area contributed by atoms with Crippen molar-refractivity contribution in [2.75, 3.05) is 0 Å². The molecule has 1 aromatic carbocycles. The lowest BCUT2D eigenvalue weighted by Gasteiger charge is -2.39. The van der Waals surface area contributed by atoms with Crippen LogP contribution in [0.25, 0.3) is 0 Å². The minimum Gasteiger partial charge on any atom is -0.0802 e. The van der Waals surface area contributed by atoms with E-state index in [0.29, 0.717) is 5.92 Å². The lowest BCUT2D eigenvalue weighted by Crippen LogP contribution is -2.33. The van der Waals surface area contributed by atoms with Crippen molar-refractivity contribution in [1.82, 2.24) is 0 Å². The zero-order valence-electron chi connectivity index (χ0n) is 11.6. The number of allylic oxidation sites excluding steroid dienone is 4. The number of hydrogen-bond acceptors (Lipinski definition) is 0. The van der Waals surface area contributed by atoms with Crippen molar-refractivity contribution >= 4 is 0 Å². The summed E-state index contributed by atoms with van der Waals surface area (Å²) in [5.41, 5.74) is 1.70. The van der Waals surface area contributed by atoms with Crippen LogP contribution in [0.4, 0.5) is 0 Å². The van der Waals surface area contributed by atoms with Crippen LogP contribution in [0.3, 0.4) is 0 Å². The van der Waals surface area contributed by atoms with E-state index in [1.807, 2.05) is 0 Å². The van der Waals surface area contributed by atoms with Crippen molar-refractivity contribution in [2.45, 2.75) is 44.9 Å². The minimum atomic E-state index is 0.223. The van der Waals surface area contributed by atoms with Crippen LogP contribution in [0.15, 0.2) is 54.6 Å². The molecule has 0 aromatic heterocycles. The standard InChI is InChI=1S/C18H24/c1-3-5-14-18(17-12-7-6-8-13-17)15-10-9-11-16(18)4-2/h6-13,15-16H,3-5,14H2,1-2H3. The molecule has 0 N–H and O–H groups in total. The van der Waals surface area contributed by atoms with Gasteiger partial charge in [0.1, 0.15) is 0 Å². The summed E-state index contributed by atoms with van der Waals surface area (Å²) in [5, 5.41) is 0. The van der Waals surface area contributed by atoms with Gasteiger partial charge in [-0.2, -0.15) is 0 Å². The molecule has 1 aliphatic rings. The van der Waals surface area contributed by atoms with Crippen LogP contribution in [-0.2, 0) is 5.41 Å². The molecule has 0 amide bonds. The fourth-order valence-corrected chi connectivity index (χ4v) is 3.16. The summed E-state index contributed by atoms with van der Waals surface area (Å²) in [5.74, 6) is 0.636. The summed E-state index contributed by atoms with van der Waals surface area (Å²) in [6.45, 7) is 4.58. The fourth-order valence-electron chi connectivity index (χ4n) is 3.16. The van der Waals surface area contributed by atoms with Crippen molar-refractivity contribution in [3.8, 4) is 0 Å². The second-order valence-corrected chi connectivity index (χ2v) is 5.27. The highest BCUT2D eigenvalue weighted by molar-refractivity contribution is 5.37. The first-order valence-corrected chi connectivity index (χ1v) is 7.25. The monoisotopic (exact) mass is 240 g/mol. The van der Waals surface area contributed by atoms with E-state index >= 15 is 0 Å². The molecule has 1 aromatic rings. The van der Waals surface area contributed by atoms with Crippen molar-refractivity contribution in [3.63, 3.8) is 0 Å². The molecule has 0 bridgehead atoms. The van der Waals surface area contributed by atoms with E-state index < -0.39 is 0 Å².